The Morgan fingerprint density at radius 2 is 1.23 bits per heavy atom. The van der Waals surface area contributed by atoms with E-state index in [-0.39, 0.29) is 11.9 Å². The van der Waals surface area contributed by atoms with Crippen LogP contribution in [0.25, 0.3) is 0 Å². The minimum absolute atomic E-state index is 0.0538. The van der Waals surface area contributed by atoms with Crippen molar-refractivity contribution in [2.75, 3.05) is 18.0 Å². The molecule has 158 valence electrons. The number of benzene rings is 3. The Kier molecular flexibility index (Phi) is 6.03. The van der Waals surface area contributed by atoms with E-state index in [1.54, 1.807) is 11.8 Å². The normalized spacial score (nSPS) is 15.2. The summed E-state index contributed by atoms with van der Waals surface area (Å²) in [5, 5.41) is 3.17. The molecule has 1 heterocycles. The fourth-order valence-corrected chi connectivity index (χ4v) is 4.33. The lowest BCUT2D eigenvalue weighted by Gasteiger charge is -2.43. The lowest BCUT2D eigenvalue weighted by molar-refractivity contribution is -0.121. The third kappa shape index (κ3) is 4.45. The van der Waals surface area contributed by atoms with Crippen molar-refractivity contribution in [3.05, 3.63) is 96.6 Å². The molecule has 4 rings (SSSR count). The smallest absolute Gasteiger partial charge is 0.329 e. The van der Waals surface area contributed by atoms with Crippen LogP contribution < -0.4 is 10.2 Å². The summed E-state index contributed by atoms with van der Waals surface area (Å²) in [4.78, 5) is 29.3. The molecule has 5 heteroatoms. The summed E-state index contributed by atoms with van der Waals surface area (Å²) in [6.07, 6.45) is 1.33. The maximum atomic E-state index is 13.6. The van der Waals surface area contributed by atoms with Crippen LogP contribution in [-0.2, 0) is 10.3 Å². The van der Waals surface area contributed by atoms with Crippen LogP contribution in [0, 0.1) is 0 Å². The highest BCUT2D eigenvalue weighted by Crippen LogP contribution is 2.35. The maximum absolute atomic E-state index is 13.6. The lowest BCUT2D eigenvalue weighted by Crippen LogP contribution is -2.55. The lowest BCUT2D eigenvalue weighted by atomic mass is 9.80. The van der Waals surface area contributed by atoms with E-state index < -0.39 is 5.54 Å². The molecule has 1 saturated heterocycles. The number of rotatable bonds is 4. The molecule has 0 bridgehead atoms. The Hall–Kier alpha value is -3.60. The van der Waals surface area contributed by atoms with Crippen LogP contribution in [0.15, 0.2) is 91.0 Å². The van der Waals surface area contributed by atoms with Gasteiger partial charge < -0.3 is 10.2 Å². The minimum atomic E-state index is -0.450. The Bertz CT molecular complexity index is 975. The van der Waals surface area contributed by atoms with E-state index in [9.17, 15) is 9.59 Å². The van der Waals surface area contributed by atoms with E-state index in [1.165, 1.54) is 0 Å². The molecule has 0 unspecified atom stereocenters. The molecule has 3 amide bonds. The molecule has 0 saturated carbocycles. The third-order valence-electron chi connectivity index (χ3n) is 5.85. The average Bonchev–Trinajstić information content (AvgIpc) is 2.81. The van der Waals surface area contributed by atoms with E-state index in [2.05, 4.69) is 5.32 Å². The highest BCUT2D eigenvalue weighted by molar-refractivity contribution is 5.99. The SMILES string of the molecule is CC(=O)NC1(c2ccccc2)CCN(C(=O)N(c2ccccc2)c2ccccc2)CC1. The Balaban J connectivity index is 1.59. The Morgan fingerprint density at radius 3 is 1.68 bits per heavy atom. The largest absolute Gasteiger partial charge is 0.347 e. The quantitative estimate of drug-likeness (QED) is 0.649. The molecule has 3 aromatic rings. The van der Waals surface area contributed by atoms with Crippen molar-refractivity contribution >= 4 is 23.3 Å². The zero-order valence-electron chi connectivity index (χ0n) is 17.7. The molecule has 1 N–H and O–H groups in total. The summed E-state index contributed by atoms with van der Waals surface area (Å²) < 4.78 is 0. The van der Waals surface area contributed by atoms with E-state index in [4.69, 9.17) is 0 Å². The fourth-order valence-electron chi connectivity index (χ4n) is 4.33. The van der Waals surface area contributed by atoms with Crippen LogP contribution >= 0.6 is 0 Å². The van der Waals surface area contributed by atoms with Crippen LogP contribution in [0.4, 0.5) is 16.2 Å². The number of nitrogens with one attached hydrogen (secondary N) is 1. The van der Waals surface area contributed by atoms with Gasteiger partial charge in [0, 0.05) is 20.0 Å². The van der Waals surface area contributed by atoms with Gasteiger partial charge in [-0.1, -0.05) is 66.7 Å². The van der Waals surface area contributed by atoms with E-state index in [1.807, 2.05) is 95.9 Å². The highest BCUT2D eigenvalue weighted by atomic mass is 16.2. The fraction of sp³-hybridized carbons (Fsp3) is 0.231. The number of carbonyl (C=O) groups excluding carboxylic acids is 2. The Labute approximate surface area is 183 Å². The van der Waals surface area contributed by atoms with Crippen molar-refractivity contribution < 1.29 is 9.59 Å². The van der Waals surface area contributed by atoms with Crippen LogP contribution in [0.1, 0.15) is 25.3 Å². The van der Waals surface area contributed by atoms with Crippen LogP contribution in [0.2, 0.25) is 0 Å². The van der Waals surface area contributed by atoms with Crippen molar-refractivity contribution in [1.29, 1.82) is 0 Å². The average molecular weight is 414 g/mol. The molecule has 0 aromatic heterocycles. The number of likely N-dealkylation sites (tertiary alicyclic amines) is 1. The van der Waals surface area contributed by atoms with Gasteiger partial charge in [-0.3, -0.25) is 9.69 Å². The molecule has 1 fully saturated rings. The zero-order valence-corrected chi connectivity index (χ0v) is 17.7. The molecular formula is C26H27N3O2. The molecule has 1 aliphatic rings. The van der Waals surface area contributed by atoms with Gasteiger partial charge in [-0.25, -0.2) is 4.79 Å². The summed E-state index contributed by atoms with van der Waals surface area (Å²) in [7, 11) is 0. The second-order valence-corrected chi connectivity index (χ2v) is 7.91. The first-order chi connectivity index (χ1) is 15.1. The molecule has 0 aliphatic carbocycles. The van der Waals surface area contributed by atoms with Crippen molar-refractivity contribution in [2.24, 2.45) is 0 Å². The van der Waals surface area contributed by atoms with Gasteiger partial charge in [0.2, 0.25) is 5.91 Å². The number of anilines is 2. The number of piperidine rings is 1. The Morgan fingerprint density at radius 1 is 0.774 bits per heavy atom. The van der Waals surface area contributed by atoms with Gasteiger partial charge in [0.05, 0.1) is 16.9 Å². The molecule has 0 radical (unpaired) electrons. The van der Waals surface area contributed by atoms with Crippen LogP contribution in [-0.4, -0.2) is 29.9 Å². The summed E-state index contributed by atoms with van der Waals surface area (Å²) in [6.45, 7) is 2.67. The van der Waals surface area contributed by atoms with Gasteiger partial charge in [0.25, 0.3) is 0 Å². The predicted octanol–water partition coefficient (Wildman–Crippen LogP) is 5.07. The van der Waals surface area contributed by atoms with Gasteiger partial charge in [-0.15, -0.1) is 0 Å². The molecule has 1 aliphatic heterocycles. The third-order valence-corrected chi connectivity index (χ3v) is 5.85. The molecule has 0 spiro atoms. The second kappa shape index (κ2) is 9.04. The number of para-hydroxylation sites is 2. The maximum Gasteiger partial charge on any atom is 0.329 e. The summed E-state index contributed by atoms with van der Waals surface area (Å²) in [6, 6.07) is 29.4. The highest BCUT2D eigenvalue weighted by Gasteiger charge is 2.39. The standard InChI is InChI=1S/C26H27N3O2/c1-21(30)27-26(22-11-5-2-6-12-22)17-19-28(20-18-26)25(31)29(23-13-7-3-8-14-23)24-15-9-4-10-16-24/h2-16H,17-20H2,1H3,(H,27,30). The second-order valence-electron chi connectivity index (χ2n) is 7.91. The first-order valence-corrected chi connectivity index (χ1v) is 10.6. The predicted molar refractivity (Wildman–Crippen MR) is 123 cm³/mol. The molecule has 31 heavy (non-hydrogen) atoms. The van der Waals surface area contributed by atoms with Crippen molar-refractivity contribution in [2.45, 2.75) is 25.3 Å². The molecular weight excluding hydrogens is 386 g/mol. The van der Waals surface area contributed by atoms with Crippen LogP contribution in [0.5, 0.6) is 0 Å². The van der Waals surface area contributed by atoms with E-state index >= 15 is 0 Å². The van der Waals surface area contributed by atoms with E-state index in [0.29, 0.717) is 25.9 Å². The molecule has 5 nitrogen and oxygen atoms in total. The first-order valence-electron chi connectivity index (χ1n) is 10.6. The summed E-state index contributed by atoms with van der Waals surface area (Å²) >= 11 is 0. The van der Waals surface area contributed by atoms with Gasteiger partial charge >= 0.3 is 6.03 Å². The topological polar surface area (TPSA) is 52.7 Å². The zero-order chi connectivity index (χ0) is 21.7. The number of hydrogen-bond acceptors (Lipinski definition) is 2. The van der Waals surface area contributed by atoms with Gasteiger partial charge in [0.15, 0.2) is 0 Å². The number of hydrogen-bond donors (Lipinski definition) is 1. The number of amides is 3. The van der Waals surface area contributed by atoms with Crippen molar-refractivity contribution in [1.82, 2.24) is 10.2 Å². The van der Waals surface area contributed by atoms with Gasteiger partial charge in [0.1, 0.15) is 0 Å². The summed E-state index contributed by atoms with van der Waals surface area (Å²) in [5.74, 6) is -0.0566. The molecule has 0 atom stereocenters. The monoisotopic (exact) mass is 413 g/mol. The summed E-state index contributed by atoms with van der Waals surface area (Å²) in [5.41, 5.74) is 2.30. The van der Waals surface area contributed by atoms with E-state index in [0.717, 1.165) is 16.9 Å². The van der Waals surface area contributed by atoms with Gasteiger partial charge in [-0.05, 0) is 42.7 Å². The van der Waals surface area contributed by atoms with Crippen molar-refractivity contribution in [3.8, 4) is 0 Å². The molecule has 3 aromatic carbocycles. The number of carbonyl (C=O) groups is 2. The van der Waals surface area contributed by atoms with Crippen molar-refractivity contribution in [3.63, 3.8) is 0 Å². The number of nitrogens with zero attached hydrogens (tertiary/aromatic N) is 2. The van der Waals surface area contributed by atoms with Crippen LogP contribution in [0.3, 0.4) is 0 Å². The first kappa shape index (κ1) is 20.7. The number of urea groups is 1. The van der Waals surface area contributed by atoms with Gasteiger partial charge in [-0.2, -0.15) is 0 Å². The minimum Gasteiger partial charge on any atom is -0.347 e.